The molecule has 1 aromatic rings. The maximum atomic E-state index is 12.2. The smallest absolute Gasteiger partial charge is 0.338 e. The van der Waals surface area contributed by atoms with E-state index in [0.29, 0.717) is 17.4 Å². The summed E-state index contributed by atoms with van der Waals surface area (Å²) in [6, 6.07) is 4.73. The van der Waals surface area contributed by atoms with E-state index >= 15 is 0 Å². The number of hydrogen-bond acceptors (Lipinski definition) is 5. The van der Waals surface area contributed by atoms with Crippen molar-refractivity contribution in [3.05, 3.63) is 23.8 Å². The molecule has 2 bridgehead atoms. The summed E-state index contributed by atoms with van der Waals surface area (Å²) in [6.45, 7) is 1.65. The van der Waals surface area contributed by atoms with Gasteiger partial charge in [-0.15, -0.1) is 0 Å². The molecule has 4 atom stereocenters. The van der Waals surface area contributed by atoms with Crippen molar-refractivity contribution in [2.24, 2.45) is 17.8 Å². The van der Waals surface area contributed by atoms with Crippen LogP contribution in [0, 0.1) is 17.8 Å². The largest absolute Gasteiger partial charge is 0.482 e. The highest BCUT2D eigenvalue weighted by atomic mass is 16.5. The molecule has 0 radical (unpaired) electrons. The maximum absolute atomic E-state index is 12.2. The molecule has 2 saturated carbocycles. The lowest BCUT2D eigenvalue weighted by Gasteiger charge is -2.28. The van der Waals surface area contributed by atoms with Crippen LogP contribution in [0.2, 0.25) is 0 Å². The maximum Gasteiger partial charge on any atom is 0.338 e. The first-order valence-electron chi connectivity index (χ1n) is 9.53. The zero-order valence-corrected chi connectivity index (χ0v) is 15.3. The third-order valence-electron chi connectivity index (χ3n) is 6.01. The van der Waals surface area contributed by atoms with Crippen LogP contribution in [0.25, 0.3) is 0 Å². The van der Waals surface area contributed by atoms with Gasteiger partial charge in [-0.1, -0.05) is 6.42 Å². The Morgan fingerprint density at radius 2 is 2.19 bits per heavy atom. The minimum Gasteiger partial charge on any atom is -0.482 e. The van der Waals surface area contributed by atoms with Crippen LogP contribution in [0.3, 0.4) is 0 Å². The first kappa shape index (κ1) is 17.8. The van der Waals surface area contributed by atoms with E-state index in [2.05, 4.69) is 10.6 Å². The summed E-state index contributed by atoms with van der Waals surface area (Å²) in [5, 5.41) is 5.64. The topological polar surface area (TPSA) is 93.7 Å². The number of carbonyl (C=O) groups is 3. The van der Waals surface area contributed by atoms with Gasteiger partial charge in [-0.2, -0.15) is 0 Å². The van der Waals surface area contributed by atoms with E-state index < -0.39 is 5.97 Å². The number of hydrogen-bond donors (Lipinski definition) is 2. The lowest BCUT2D eigenvalue weighted by Crippen LogP contribution is -2.42. The molecule has 0 spiro atoms. The lowest BCUT2D eigenvalue weighted by molar-refractivity contribution is -0.125. The highest BCUT2D eigenvalue weighted by Crippen LogP contribution is 2.49. The first-order valence-corrected chi connectivity index (χ1v) is 9.53. The molecule has 1 heterocycles. The van der Waals surface area contributed by atoms with Gasteiger partial charge in [-0.05, 0) is 62.1 Å². The molecular formula is C20H24N2O5. The molecule has 1 aliphatic heterocycles. The van der Waals surface area contributed by atoms with Crippen LogP contribution in [0.1, 0.15) is 43.0 Å². The van der Waals surface area contributed by atoms with Gasteiger partial charge in [0.05, 0.1) is 11.3 Å². The second-order valence-electron chi connectivity index (χ2n) is 7.82. The van der Waals surface area contributed by atoms with Crippen molar-refractivity contribution in [2.75, 3.05) is 18.5 Å². The molecule has 2 amide bonds. The molecule has 7 heteroatoms. The zero-order valence-electron chi connectivity index (χ0n) is 15.3. The van der Waals surface area contributed by atoms with Gasteiger partial charge in [0.25, 0.3) is 11.8 Å². The van der Waals surface area contributed by atoms with E-state index in [-0.39, 0.29) is 36.6 Å². The average molecular weight is 372 g/mol. The molecule has 1 aromatic carbocycles. The number of carbonyl (C=O) groups excluding carboxylic acids is 3. The van der Waals surface area contributed by atoms with Crippen LogP contribution in [-0.2, 0) is 14.3 Å². The Hall–Kier alpha value is -2.57. The van der Waals surface area contributed by atoms with E-state index in [1.54, 1.807) is 6.07 Å². The zero-order chi connectivity index (χ0) is 19.0. The summed E-state index contributed by atoms with van der Waals surface area (Å²) in [6.07, 6.45) is 5.08. The van der Waals surface area contributed by atoms with Gasteiger partial charge in [0, 0.05) is 6.04 Å². The molecule has 27 heavy (non-hydrogen) atoms. The second-order valence-corrected chi connectivity index (χ2v) is 7.82. The van der Waals surface area contributed by atoms with Crippen LogP contribution in [0.5, 0.6) is 5.75 Å². The molecule has 2 fully saturated rings. The number of rotatable bonds is 5. The Labute approximate surface area is 157 Å². The van der Waals surface area contributed by atoms with Crippen LogP contribution in [-0.4, -0.2) is 37.0 Å². The van der Waals surface area contributed by atoms with Crippen molar-refractivity contribution in [3.63, 3.8) is 0 Å². The monoisotopic (exact) mass is 372 g/mol. The van der Waals surface area contributed by atoms with Crippen molar-refractivity contribution >= 4 is 23.5 Å². The van der Waals surface area contributed by atoms with E-state index in [0.717, 1.165) is 11.8 Å². The van der Waals surface area contributed by atoms with Gasteiger partial charge in [-0.25, -0.2) is 4.79 Å². The fraction of sp³-hybridized carbons (Fsp3) is 0.550. The Bertz CT molecular complexity index is 778. The molecule has 3 aliphatic rings. The molecule has 2 N–H and O–H groups in total. The van der Waals surface area contributed by atoms with Gasteiger partial charge < -0.3 is 20.1 Å². The van der Waals surface area contributed by atoms with Crippen LogP contribution < -0.4 is 15.4 Å². The molecule has 4 rings (SSSR count). The van der Waals surface area contributed by atoms with Gasteiger partial charge in [0.2, 0.25) is 0 Å². The van der Waals surface area contributed by atoms with E-state index in [9.17, 15) is 14.4 Å². The summed E-state index contributed by atoms with van der Waals surface area (Å²) in [7, 11) is 0. The van der Waals surface area contributed by atoms with Gasteiger partial charge >= 0.3 is 5.97 Å². The van der Waals surface area contributed by atoms with Crippen molar-refractivity contribution < 1.29 is 23.9 Å². The molecule has 7 nitrogen and oxygen atoms in total. The number of nitrogens with one attached hydrogen (secondary N) is 2. The van der Waals surface area contributed by atoms with Gasteiger partial charge in [0.1, 0.15) is 5.75 Å². The van der Waals surface area contributed by atoms with Crippen LogP contribution in [0.15, 0.2) is 18.2 Å². The fourth-order valence-electron chi connectivity index (χ4n) is 4.72. The second kappa shape index (κ2) is 7.21. The van der Waals surface area contributed by atoms with Crippen LogP contribution >= 0.6 is 0 Å². The Balaban J connectivity index is 1.27. The average Bonchev–Trinajstić information content (AvgIpc) is 3.29. The molecule has 4 unspecified atom stereocenters. The van der Waals surface area contributed by atoms with E-state index in [4.69, 9.17) is 9.47 Å². The molecule has 144 valence electrons. The van der Waals surface area contributed by atoms with Crippen molar-refractivity contribution in [1.82, 2.24) is 5.32 Å². The Morgan fingerprint density at radius 1 is 1.33 bits per heavy atom. The van der Waals surface area contributed by atoms with Crippen molar-refractivity contribution in [3.8, 4) is 5.75 Å². The summed E-state index contributed by atoms with van der Waals surface area (Å²) >= 11 is 0. The summed E-state index contributed by atoms with van der Waals surface area (Å²) < 4.78 is 10.4. The highest BCUT2D eigenvalue weighted by molar-refractivity contribution is 5.97. The third kappa shape index (κ3) is 3.77. The SMILES string of the molecule is CC(NC(=O)COC(=O)c1ccc2c(c1)OCC(=O)N2)C1CC2CCC1C2. The highest BCUT2D eigenvalue weighted by Gasteiger charge is 2.42. The quantitative estimate of drug-likeness (QED) is 0.772. The predicted molar refractivity (Wildman–Crippen MR) is 97.4 cm³/mol. The number of anilines is 1. The van der Waals surface area contributed by atoms with E-state index in [1.165, 1.54) is 37.8 Å². The van der Waals surface area contributed by atoms with Crippen molar-refractivity contribution in [1.29, 1.82) is 0 Å². The normalized spacial score (nSPS) is 26.6. The fourth-order valence-corrected chi connectivity index (χ4v) is 4.72. The Morgan fingerprint density at radius 3 is 2.93 bits per heavy atom. The van der Waals surface area contributed by atoms with E-state index in [1.807, 2.05) is 6.92 Å². The lowest BCUT2D eigenvalue weighted by atomic mass is 9.84. The summed E-state index contributed by atoms with van der Waals surface area (Å²) in [4.78, 5) is 35.6. The molecule has 0 aromatic heterocycles. The summed E-state index contributed by atoms with van der Waals surface area (Å²) in [5.41, 5.74) is 0.791. The Kier molecular flexibility index (Phi) is 4.76. The number of amides is 2. The predicted octanol–water partition coefficient (Wildman–Crippen LogP) is 2.12. The number of ether oxygens (including phenoxy) is 2. The minimum absolute atomic E-state index is 0.0885. The minimum atomic E-state index is -0.596. The van der Waals surface area contributed by atoms with Crippen LogP contribution in [0.4, 0.5) is 5.69 Å². The third-order valence-corrected chi connectivity index (χ3v) is 6.01. The molecule has 0 saturated heterocycles. The number of fused-ring (bicyclic) bond motifs is 3. The molecular weight excluding hydrogens is 348 g/mol. The first-order chi connectivity index (χ1) is 13.0. The van der Waals surface area contributed by atoms with Crippen molar-refractivity contribution in [2.45, 2.75) is 38.6 Å². The number of esters is 1. The van der Waals surface area contributed by atoms with Gasteiger partial charge in [0.15, 0.2) is 13.2 Å². The summed E-state index contributed by atoms with van der Waals surface area (Å²) in [5.74, 6) is 1.40. The molecule has 2 aliphatic carbocycles. The standard InChI is InChI=1S/C20H24N2O5/c1-11(15-7-12-2-3-13(15)6-12)21-18(23)10-27-20(25)14-4-5-16-17(8-14)26-9-19(24)22-16/h4-5,8,11-13,15H,2-3,6-7,9-10H2,1H3,(H,21,23)(H,22,24). The van der Waals surface area contributed by atoms with Gasteiger partial charge in [-0.3, -0.25) is 9.59 Å². The number of benzene rings is 1.